The van der Waals surface area contributed by atoms with Crippen molar-refractivity contribution in [2.45, 2.75) is 6.42 Å². The number of hydrogen-bond acceptors (Lipinski definition) is 4. The zero-order valence-corrected chi connectivity index (χ0v) is 17.7. The SMILES string of the molecule is CN(C)C(=O)Cc1ccc(NC(=O)c2ccccc2OCCOc2ccccc2)cc1. The quantitative estimate of drug-likeness (QED) is 0.533. The van der Waals surface area contributed by atoms with Gasteiger partial charge in [0.15, 0.2) is 0 Å². The first-order valence-electron chi connectivity index (χ1n) is 10.0. The van der Waals surface area contributed by atoms with Crippen LogP contribution in [0.3, 0.4) is 0 Å². The van der Waals surface area contributed by atoms with E-state index in [0.717, 1.165) is 11.3 Å². The monoisotopic (exact) mass is 418 g/mol. The van der Waals surface area contributed by atoms with Crippen LogP contribution in [0.5, 0.6) is 11.5 Å². The molecule has 0 aliphatic rings. The van der Waals surface area contributed by atoms with Crippen LogP contribution in [-0.4, -0.2) is 44.0 Å². The minimum absolute atomic E-state index is 0.0269. The van der Waals surface area contributed by atoms with E-state index in [2.05, 4.69) is 5.32 Å². The maximum absolute atomic E-state index is 12.8. The Kier molecular flexibility index (Phi) is 7.65. The molecule has 0 aromatic heterocycles. The first kappa shape index (κ1) is 21.9. The minimum atomic E-state index is -0.267. The zero-order valence-electron chi connectivity index (χ0n) is 17.7. The van der Waals surface area contributed by atoms with Gasteiger partial charge in [-0.1, -0.05) is 42.5 Å². The first-order valence-corrected chi connectivity index (χ1v) is 10.0. The normalized spacial score (nSPS) is 10.3. The fraction of sp³-hybridized carbons (Fsp3) is 0.200. The van der Waals surface area contributed by atoms with Crippen LogP contribution < -0.4 is 14.8 Å². The van der Waals surface area contributed by atoms with E-state index in [1.807, 2.05) is 48.5 Å². The Morgan fingerprint density at radius 2 is 1.45 bits per heavy atom. The average molecular weight is 418 g/mol. The predicted octanol–water partition coefficient (Wildman–Crippen LogP) is 4.03. The topological polar surface area (TPSA) is 67.9 Å². The van der Waals surface area contributed by atoms with E-state index in [9.17, 15) is 9.59 Å². The largest absolute Gasteiger partial charge is 0.490 e. The fourth-order valence-electron chi connectivity index (χ4n) is 2.85. The lowest BCUT2D eigenvalue weighted by atomic mass is 10.1. The third kappa shape index (κ3) is 6.60. The van der Waals surface area contributed by atoms with Crippen LogP contribution in [0.25, 0.3) is 0 Å². The number of anilines is 1. The number of hydrogen-bond donors (Lipinski definition) is 1. The molecular weight excluding hydrogens is 392 g/mol. The van der Waals surface area contributed by atoms with E-state index in [-0.39, 0.29) is 11.8 Å². The molecule has 0 spiro atoms. The van der Waals surface area contributed by atoms with Crippen LogP contribution in [0.15, 0.2) is 78.9 Å². The third-order valence-electron chi connectivity index (χ3n) is 4.55. The Morgan fingerprint density at radius 1 is 0.806 bits per heavy atom. The molecule has 0 atom stereocenters. The number of likely N-dealkylation sites (N-methyl/N-ethyl adjacent to an activating group) is 1. The Morgan fingerprint density at radius 3 is 2.16 bits per heavy atom. The summed E-state index contributed by atoms with van der Waals surface area (Å²) in [5.74, 6) is 1.02. The minimum Gasteiger partial charge on any atom is -0.490 e. The first-order chi connectivity index (χ1) is 15.0. The number of nitrogens with zero attached hydrogens (tertiary/aromatic N) is 1. The van der Waals surface area contributed by atoms with Gasteiger partial charge in [0.1, 0.15) is 24.7 Å². The van der Waals surface area contributed by atoms with Crippen molar-refractivity contribution in [3.63, 3.8) is 0 Å². The van der Waals surface area contributed by atoms with Crippen molar-refractivity contribution in [1.82, 2.24) is 4.90 Å². The van der Waals surface area contributed by atoms with Crippen LogP contribution >= 0.6 is 0 Å². The highest BCUT2D eigenvalue weighted by atomic mass is 16.5. The lowest BCUT2D eigenvalue weighted by molar-refractivity contribution is -0.127. The standard InChI is InChI=1S/C25H26N2O4/c1-27(2)24(28)18-19-12-14-20(15-13-19)26-25(29)22-10-6-7-11-23(22)31-17-16-30-21-8-4-3-5-9-21/h3-15H,16-18H2,1-2H3,(H,26,29). The number of nitrogens with one attached hydrogen (secondary N) is 1. The van der Waals surface area contributed by atoms with Gasteiger partial charge in [-0.25, -0.2) is 0 Å². The summed E-state index contributed by atoms with van der Waals surface area (Å²) in [4.78, 5) is 26.1. The Hall–Kier alpha value is -3.80. The second kappa shape index (κ2) is 10.8. The molecule has 0 aliphatic carbocycles. The van der Waals surface area contributed by atoms with Crippen LogP contribution in [-0.2, 0) is 11.2 Å². The Bertz CT molecular complexity index is 1000. The van der Waals surface area contributed by atoms with Gasteiger partial charge in [0.25, 0.3) is 5.91 Å². The molecule has 0 fully saturated rings. The van der Waals surface area contributed by atoms with Crippen molar-refractivity contribution < 1.29 is 19.1 Å². The van der Waals surface area contributed by atoms with Gasteiger partial charge in [-0.2, -0.15) is 0 Å². The van der Waals surface area contributed by atoms with Gasteiger partial charge in [0.05, 0.1) is 12.0 Å². The molecule has 3 aromatic carbocycles. The number of rotatable bonds is 9. The van der Waals surface area contributed by atoms with Gasteiger partial charge in [0.2, 0.25) is 5.91 Å². The molecule has 6 heteroatoms. The molecule has 6 nitrogen and oxygen atoms in total. The van der Waals surface area contributed by atoms with E-state index in [1.165, 1.54) is 0 Å². The molecule has 0 aliphatic heterocycles. The van der Waals surface area contributed by atoms with Crippen molar-refractivity contribution in [2.24, 2.45) is 0 Å². The molecule has 0 bridgehead atoms. The molecule has 3 aromatic rings. The molecular formula is C25H26N2O4. The van der Waals surface area contributed by atoms with Crippen LogP contribution in [0, 0.1) is 0 Å². The fourth-order valence-corrected chi connectivity index (χ4v) is 2.85. The van der Waals surface area contributed by atoms with Crippen LogP contribution in [0.2, 0.25) is 0 Å². The van der Waals surface area contributed by atoms with Gasteiger partial charge < -0.3 is 19.7 Å². The van der Waals surface area contributed by atoms with Crippen molar-refractivity contribution in [1.29, 1.82) is 0 Å². The van der Waals surface area contributed by atoms with E-state index < -0.39 is 0 Å². The highest BCUT2D eigenvalue weighted by Crippen LogP contribution is 2.20. The van der Waals surface area contributed by atoms with Gasteiger partial charge in [-0.15, -0.1) is 0 Å². The lowest BCUT2D eigenvalue weighted by Crippen LogP contribution is -2.23. The van der Waals surface area contributed by atoms with Crippen molar-refractivity contribution in [3.05, 3.63) is 90.0 Å². The Balaban J connectivity index is 1.56. The smallest absolute Gasteiger partial charge is 0.259 e. The summed E-state index contributed by atoms with van der Waals surface area (Å²) < 4.78 is 11.4. The molecule has 160 valence electrons. The zero-order chi connectivity index (χ0) is 22.1. The highest BCUT2D eigenvalue weighted by molar-refractivity contribution is 6.06. The van der Waals surface area contributed by atoms with Crippen LogP contribution in [0.4, 0.5) is 5.69 Å². The molecule has 1 N–H and O–H groups in total. The van der Waals surface area contributed by atoms with E-state index in [1.54, 1.807) is 49.3 Å². The predicted molar refractivity (Wildman–Crippen MR) is 121 cm³/mol. The number of para-hydroxylation sites is 2. The number of benzene rings is 3. The second-order valence-electron chi connectivity index (χ2n) is 7.12. The van der Waals surface area contributed by atoms with Gasteiger partial charge in [-0.3, -0.25) is 9.59 Å². The second-order valence-corrected chi connectivity index (χ2v) is 7.12. The van der Waals surface area contributed by atoms with Crippen molar-refractivity contribution >= 4 is 17.5 Å². The summed E-state index contributed by atoms with van der Waals surface area (Å²) in [7, 11) is 3.45. The van der Waals surface area contributed by atoms with Gasteiger partial charge in [0, 0.05) is 19.8 Å². The Labute approximate surface area is 182 Å². The summed E-state index contributed by atoms with van der Waals surface area (Å²) in [6.45, 7) is 0.681. The lowest BCUT2D eigenvalue weighted by Gasteiger charge is -2.13. The van der Waals surface area contributed by atoms with Crippen LogP contribution in [0.1, 0.15) is 15.9 Å². The van der Waals surface area contributed by atoms with Gasteiger partial charge >= 0.3 is 0 Å². The van der Waals surface area contributed by atoms with E-state index in [0.29, 0.717) is 36.6 Å². The maximum atomic E-state index is 12.8. The maximum Gasteiger partial charge on any atom is 0.259 e. The summed E-state index contributed by atoms with van der Waals surface area (Å²) in [5, 5.41) is 2.87. The average Bonchev–Trinajstić information content (AvgIpc) is 2.79. The van der Waals surface area contributed by atoms with Crippen molar-refractivity contribution in [3.8, 4) is 11.5 Å². The molecule has 0 radical (unpaired) electrons. The summed E-state index contributed by atoms with van der Waals surface area (Å²) in [5.41, 5.74) is 1.97. The molecule has 0 saturated carbocycles. The van der Waals surface area contributed by atoms with Crippen molar-refractivity contribution in [2.75, 3.05) is 32.6 Å². The molecule has 0 saturated heterocycles. The van der Waals surface area contributed by atoms with E-state index in [4.69, 9.17) is 9.47 Å². The highest BCUT2D eigenvalue weighted by Gasteiger charge is 2.13. The number of carbonyl (C=O) groups excluding carboxylic acids is 2. The number of ether oxygens (including phenoxy) is 2. The molecule has 3 rings (SSSR count). The molecule has 0 heterocycles. The van der Waals surface area contributed by atoms with Gasteiger partial charge in [-0.05, 0) is 42.0 Å². The third-order valence-corrected chi connectivity index (χ3v) is 4.55. The molecule has 0 unspecified atom stereocenters. The summed E-state index contributed by atoms with van der Waals surface area (Å²) >= 11 is 0. The number of amides is 2. The van der Waals surface area contributed by atoms with E-state index >= 15 is 0 Å². The number of carbonyl (C=O) groups is 2. The molecule has 2 amide bonds. The summed E-state index contributed by atoms with van der Waals surface area (Å²) in [6.07, 6.45) is 0.322. The summed E-state index contributed by atoms with van der Waals surface area (Å²) in [6, 6.07) is 23.8. The molecule has 31 heavy (non-hydrogen) atoms.